The summed E-state index contributed by atoms with van der Waals surface area (Å²) in [4.78, 5) is 25.8. The third-order valence-corrected chi connectivity index (χ3v) is 6.40. The Kier molecular flexibility index (Phi) is 5.07. The summed E-state index contributed by atoms with van der Waals surface area (Å²) in [5.74, 6) is 0.935. The van der Waals surface area contributed by atoms with Gasteiger partial charge in [-0.15, -0.1) is 11.3 Å². The number of aryl methyl sites for hydroxylation is 2. The predicted octanol–water partition coefficient (Wildman–Crippen LogP) is 4.80. The van der Waals surface area contributed by atoms with Gasteiger partial charge < -0.3 is 10.2 Å². The van der Waals surface area contributed by atoms with Crippen molar-refractivity contribution in [2.45, 2.75) is 39.5 Å². The maximum Gasteiger partial charge on any atom is 0.253 e. The zero-order valence-corrected chi connectivity index (χ0v) is 16.6. The van der Waals surface area contributed by atoms with Crippen molar-refractivity contribution in [1.29, 1.82) is 0 Å². The van der Waals surface area contributed by atoms with Gasteiger partial charge in [0.25, 0.3) is 5.91 Å². The molecule has 3 aromatic rings. The van der Waals surface area contributed by atoms with Crippen LogP contribution in [0.3, 0.4) is 0 Å². The van der Waals surface area contributed by atoms with E-state index in [2.05, 4.69) is 15.3 Å². The second kappa shape index (κ2) is 7.64. The molecule has 4 rings (SSSR count). The fourth-order valence-electron chi connectivity index (χ4n) is 3.71. The standard InChI is InChI=1S/C21H24N4OS/c1-3-25(4-2)21(26)14-9-11-15(12-10-14)24-19-18-16-7-5-6-8-17(16)27-20(18)23-13-22-19/h9-13H,3-8H2,1-2H3,(H,22,23,24). The molecule has 1 aromatic carbocycles. The van der Waals surface area contributed by atoms with Crippen molar-refractivity contribution < 1.29 is 4.79 Å². The lowest BCUT2D eigenvalue weighted by molar-refractivity contribution is 0.0773. The van der Waals surface area contributed by atoms with Crippen LogP contribution in [-0.2, 0) is 12.8 Å². The van der Waals surface area contributed by atoms with Crippen molar-refractivity contribution in [3.63, 3.8) is 0 Å². The number of hydrogen-bond acceptors (Lipinski definition) is 5. The van der Waals surface area contributed by atoms with Crippen LogP contribution < -0.4 is 5.32 Å². The van der Waals surface area contributed by atoms with E-state index in [-0.39, 0.29) is 5.91 Å². The molecule has 2 aromatic heterocycles. The summed E-state index contributed by atoms with van der Waals surface area (Å²) >= 11 is 1.80. The maximum atomic E-state index is 12.5. The number of benzene rings is 1. The van der Waals surface area contributed by atoms with E-state index >= 15 is 0 Å². The van der Waals surface area contributed by atoms with Gasteiger partial charge in [-0.1, -0.05) is 0 Å². The highest BCUT2D eigenvalue weighted by Crippen LogP contribution is 2.38. The fourth-order valence-corrected chi connectivity index (χ4v) is 4.94. The van der Waals surface area contributed by atoms with Crippen LogP contribution in [0.25, 0.3) is 10.2 Å². The Morgan fingerprint density at radius 2 is 1.85 bits per heavy atom. The molecule has 27 heavy (non-hydrogen) atoms. The number of hydrogen-bond donors (Lipinski definition) is 1. The summed E-state index contributed by atoms with van der Waals surface area (Å²) in [5, 5.41) is 4.60. The minimum absolute atomic E-state index is 0.0721. The summed E-state index contributed by atoms with van der Waals surface area (Å²) < 4.78 is 0. The molecule has 140 valence electrons. The summed E-state index contributed by atoms with van der Waals surface area (Å²) in [6, 6.07) is 7.65. The van der Waals surface area contributed by atoms with Crippen LogP contribution in [0.15, 0.2) is 30.6 Å². The molecular formula is C21H24N4OS. The molecule has 0 bridgehead atoms. The molecule has 0 aliphatic heterocycles. The topological polar surface area (TPSA) is 58.1 Å². The number of rotatable bonds is 5. The first-order chi connectivity index (χ1) is 13.2. The number of nitrogens with zero attached hydrogens (tertiary/aromatic N) is 3. The van der Waals surface area contributed by atoms with E-state index < -0.39 is 0 Å². The van der Waals surface area contributed by atoms with Crippen LogP contribution >= 0.6 is 11.3 Å². The van der Waals surface area contributed by atoms with Crippen LogP contribution in [0, 0.1) is 0 Å². The molecule has 1 N–H and O–H groups in total. The molecule has 1 aliphatic carbocycles. The lowest BCUT2D eigenvalue weighted by atomic mass is 9.97. The zero-order chi connectivity index (χ0) is 18.8. The average molecular weight is 381 g/mol. The predicted molar refractivity (Wildman–Crippen MR) is 111 cm³/mol. The van der Waals surface area contributed by atoms with Gasteiger partial charge in [-0.05, 0) is 69.4 Å². The molecule has 0 unspecified atom stereocenters. The fraction of sp³-hybridized carbons (Fsp3) is 0.381. The van der Waals surface area contributed by atoms with Crippen molar-refractivity contribution in [1.82, 2.24) is 14.9 Å². The number of carbonyl (C=O) groups excluding carboxylic acids is 1. The average Bonchev–Trinajstić information content (AvgIpc) is 3.09. The van der Waals surface area contributed by atoms with Gasteiger partial charge in [-0.2, -0.15) is 0 Å². The first-order valence-corrected chi connectivity index (χ1v) is 10.4. The van der Waals surface area contributed by atoms with Gasteiger partial charge in [0.1, 0.15) is 17.0 Å². The third-order valence-electron chi connectivity index (χ3n) is 5.20. The minimum Gasteiger partial charge on any atom is -0.340 e. The van der Waals surface area contributed by atoms with Crippen molar-refractivity contribution in [2.24, 2.45) is 0 Å². The highest BCUT2D eigenvalue weighted by Gasteiger charge is 2.20. The first-order valence-electron chi connectivity index (χ1n) is 9.62. The Hall–Kier alpha value is -2.47. The van der Waals surface area contributed by atoms with Crippen LogP contribution in [-0.4, -0.2) is 33.9 Å². The molecule has 0 radical (unpaired) electrons. The quantitative estimate of drug-likeness (QED) is 0.691. The zero-order valence-electron chi connectivity index (χ0n) is 15.8. The lowest BCUT2D eigenvalue weighted by Gasteiger charge is -2.18. The van der Waals surface area contributed by atoms with Gasteiger partial charge in [-0.25, -0.2) is 9.97 Å². The molecule has 0 spiro atoms. The van der Waals surface area contributed by atoms with Crippen LogP contribution in [0.4, 0.5) is 11.5 Å². The summed E-state index contributed by atoms with van der Waals surface area (Å²) in [6.45, 7) is 5.44. The van der Waals surface area contributed by atoms with E-state index in [1.165, 1.54) is 28.7 Å². The largest absolute Gasteiger partial charge is 0.340 e. The van der Waals surface area contributed by atoms with Crippen LogP contribution in [0.2, 0.25) is 0 Å². The van der Waals surface area contributed by atoms with Gasteiger partial charge in [0.2, 0.25) is 0 Å². The molecule has 1 amide bonds. The van der Waals surface area contributed by atoms with E-state index in [1.807, 2.05) is 43.0 Å². The SMILES string of the molecule is CCN(CC)C(=O)c1ccc(Nc2ncnc3sc4c(c23)CCCC4)cc1. The van der Waals surface area contributed by atoms with Gasteiger partial charge in [0.15, 0.2) is 0 Å². The molecular weight excluding hydrogens is 356 g/mol. The molecule has 0 fully saturated rings. The van der Waals surface area contributed by atoms with Crippen LogP contribution in [0.1, 0.15) is 47.5 Å². The summed E-state index contributed by atoms with van der Waals surface area (Å²) in [5.41, 5.74) is 3.06. The van der Waals surface area contributed by atoms with E-state index in [9.17, 15) is 4.79 Å². The number of thiophene rings is 1. The number of fused-ring (bicyclic) bond motifs is 3. The normalized spacial score (nSPS) is 13.4. The van der Waals surface area contributed by atoms with E-state index in [0.717, 1.165) is 42.3 Å². The maximum absolute atomic E-state index is 12.5. The number of amides is 1. The molecule has 1 aliphatic rings. The molecule has 5 nitrogen and oxygen atoms in total. The number of nitrogens with one attached hydrogen (secondary N) is 1. The highest BCUT2D eigenvalue weighted by molar-refractivity contribution is 7.19. The Balaban J connectivity index is 1.61. The Morgan fingerprint density at radius 3 is 2.59 bits per heavy atom. The van der Waals surface area contributed by atoms with Crippen molar-refractivity contribution >= 4 is 39.0 Å². The van der Waals surface area contributed by atoms with Crippen molar-refractivity contribution in [2.75, 3.05) is 18.4 Å². The Bertz CT molecular complexity index is 960. The van der Waals surface area contributed by atoms with Crippen molar-refractivity contribution in [3.05, 3.63) is 46.6 Å². The molecule has 2 heterocycles. The molecule has 0 saturated heterocycles. The Labute approximate surface area is 163 Å². The van der Waals surface area contributed by atoms with Crippen molar-refractivity contribution in [3.8, 4) is 0 Å². The molecule has 0 atom stereocenters. The third kappa shape index (κ3) is 3.41. The van der Waals surface area contributed by atoms with Gasteiger partial charge in [0, 0.05) is 29.2 Å². The lowest BCUT2D eigenvalue weighted by Crippen LogP contribution is -2.30. The second-order valence-electron chi connectivity index (χ2n) is 6.79. The van der Waals surface area contributed by atoms with Crippen LogP contribution in [0.5, 0.6) is 0 Å². The smallest absolute Gasteiger partial charge is 0.253 e. The minimum atomic E-state index is 0.0721. The monoisotopic (exact) mass is 380 g/mol. The summed E-state index contributed by atoms with van der Waals surface area (Å²) in [6.07, 6.45) is 6.38. The number of anilines is 2. The molecule has 6 heteroatoms. The Morgan fingerprint density at radius 1 is 1.11 bits per heavy atom. The second-order valence-corrected chi connectivity index (χ2v) is 7.88. The van der Waals surface area contributed by atoms with Gasteiger partial charge >= 0.3 is 0 Å². The van der Waals surface area contributed by atoms with E-state index in [4.69, 9.17) is 0 Å². The van der Waals surface area contributed by atoms with E-state index in [0.29, 0.717) is 5.56 Å². The number of carbonyl (C=O) groups is 1. The van der Waals surface area contributed by atoms with E-state index in [1.54, 1.807) is 17.7 Å². The summed E-state index contributed by atoms with van der Waals surface area (Å²) in [7, 11) is 0. The molecule has 0 saturated carbocycles. The van der Waals surface area contributed by atoms with Gasteiger partial charge in [0.05, 0.1) is 5.39 Å². The first kappa shape index (κ1) is 17.9. The highest BCUT2D eigenvalue weighted by atomic mass is 32.1. The van der Waals surface area contributed by atoms with Gasteiger partial charge in [-0.3, -0.25) is 4.79 Å². The number of aromatic nitrogens is 2.